The van der Waals surface area contributed by atoms with Crippen LogP contribution in [0.1, 0.15) is 35.1 Å². The predicted molar refractivity (Wildman–Crippen MR) is 92.0 cm³/mol. The maximum Gasteiger partial charge on any atom is 0.293 e. The Morgan fingerprint density at radius 3 is 2.57 bits per heavy atom. The fourth-order valence-corrected chi connectivity index (χ4v) is 3.24. The van der Waals surface area contributed by atoms with Gasteiger partial charge in [0.1, 0.15) is 5.69 Å². The summed E-state index contributed by atoms with van der Waals surface area (Å²) in [5, 5.41) is 18.8. The third kappa shape index (κ3) is 3.87. The second-order valence-corrected chi connectivity index (χ2v) is 6.43. The van der Waals surface area contributed by atoms with E-state index in [1.54, 1.807) is 30.5 Å². The molecule has 2 rings (SSSR count). The number of nitro benzene ring substituents is 1. The average Bonchev–Trinajstić information content (AvgIpc) is 3.05. The van der Waals surface area contributed by atoms with Gasteiger partial charge in [0.05, 0.1) is 11.0 Å². The Kier molecular flexibility index (Phi) is 5.33. The molecular weight excluding hydrogens is 314 g/mol. The third-order valence-corrected chi connectivity index (χ3v) is 4.48. The minimum Gasteiger partial charge on any atom is -0.383 e. The smallest absolute Gasteiger partial charge is 0.293 e. The van der Waals surface area contributed by atoms with Crippen LogP contribution in [0.3, 0.4) is 0 Å². The van der Waals surface area contributed by atoms with E-state index in [0.717, 1.165) is 4.88 Å². The second kappa shape index (κ2) is 7.23. The van der Waals surface area contributed by atoms with E-state index in [-0.39, 0.29) is 29.1 Å². The minimum atomic E-state index is -0.498. The summed E-state index contributed by atoms with van der Waals surface area (Å²) in [6, 6.07) is 8.22. The maximum absolute atomic E-state index is 12.5. The molecule has 0 saturated carbocycles. The molecule has 1 heterocycles. The van der Waals surface area contributed by atoms with Gasteiger partial charge in [0.2, 0.25) is 0 Å². The fraction of sp³-hybridized carbons (Fsp3) is 0.312. The van der Waals surface area contributed by atoms with Crippen molar-refractivity contribution in [3.8, 4) is 0 Å². The summed E-state index contributed by atoms with van der Waals surface area (Å²) in [7, 11) is 1.60. The highest BCUT2D eigenvalue weighted by Crippen LogP contribution is 2.28. The molecule has 23 heavy (non-hydrogen) atoms. The molecule has 0 bridgehead atoms. The Bertz CT molecular complexity index is 699. The number of nitro groups is 1. The Morgan fingerprint density at radius 1 is 1.30 bits per heavy atom. The molecule has 2 N–H and O–H groups in total. The van der Waals surface area contributed by atoms with Gasteiger partial charge in [-0.2, -0.15) is 0 Å². The number of nitrogens with zero attached hydrogens (tertiary/aromatic N) is 1. The van der Waals surface area contributed by atoms with Crippen LogP contribution >= 0.6 is 11.3 Å². The number of hydrogen-bond acceptors (Lipinski definition) is 5. The Morgan fingerprint density at radius 2 is 2.04 bits per heavy atom. The molecule has 1 aromatic carbocycles. The minimum absolute atomic E-state index is 0.114. The van der Waals surface area contributed by atoms with Crippen molar-refractivity contribution in [2.24, 2.45) is 5.92 Å². The van der Waals surface area contributed by atoms with Gasteiger partial charge in [0.15, 0.2) is 0 Å². The molecule has 6 nitrogen and oxygen atoms in total. The number of carbonyl (C=O) groups is 1. The van der Waals surface area contributed by atoms with Crippen LogP contribution in [-0.4, -0.2) is 17.9 Å². The molecule has 1 amide bonds. The Balaban J connectivity index is 2.26. The van der Waals surface area contributed by atoms with Crippen molar-refractivity contribution in [3.63, 3.8) is 0 Å². The number of nitrogens with one attached hydrogen (secondary N) is 2. The van der Waals surface area contributed by atoms with Crippen LogP contribution in [0, 0.1) is 16.0 Å². The molecule has 0 spiro atoms. The molecule has 0 aliphatic carbocycles. The highest BCUT2D eigenvalue weighted by atomic mass is 32.1. The largest absolute Gasteiger partial charge is 0.383 e. The maximum atomic E-state index is 12.5. The lowest BCUT2D eigenvalue weighted by Gasteiger charge is -2.21. The molecule has 1 aromatic heterocycles. The van der Waals surface area contributed by atoms with Crippen LogP contribution in [-0.2, 0) is 0 Å². The van der Waals surface area contributed by atoms with Gasteiger partial charge in [-0.05, 0) is 29.5 Å². The van der Waals surface area contributed by atoms with E-state index in [2.05, 4.69) is 10.6 Å². The number of carbonyl (C=O) groups excluding carboxylic acids is 1. The Labute approximate surface area is 138 Å². The molecule has 7 heteroatoms. The van der Waals surface area contributed by atoms with Gasteiger partial charge in [0, 0.05) is 23.6 Å². The van der Waals surface area contributed by atoms with Crippen LogP contribution in [0.15, 0.2) is 35.7 Å². The summed E-state index contributed by atoms with van der Waals surface area (Å²) in [5.41, 5.74) is 0.542. The first-order valence-corrected chi connectivity index (χ1v) is 8.12. The highest BCUT2D eigenvalue weighted by molar-refractivity contribution is 7.10. The molecule has 0 unspecified atom stereocenters. The average molecular weight is 333 g/mol. The van der Waals surface area contributed by atoms with Crippen molar-refractivity contribution in [3.05, 3.63) is 56.3 Å². The molecule has 1 atom stereocenters. The number of anilines is 1. The molecule has 0 saturated heterocycles. The summed E-state index contributed by atoms with van der Waals surface area (Å²) in [6.07, 6.45) is 0. The predicted octanol–water partition coefficient (Wildman–Crippen LogP) is 3.83. The van der Waals surface area contributed by atoms with Gasteiger partial charge < -0.3 is 10.6 Å². The van der Waals surface area contributed by atoms with E-state index >= 15 is 0 Å². The lowest BCUT2D eigenvalue weighted by atomic mass is 10.0. The van der Waals surface area contributed by atoms with Gasteiger partial charge in [-0.25, -0.2) is 0 Å². The number of thiophene rings is 1. The zero-order valence-corrected chi connectivity index (χ0v) is 14.0. The van der Waals surface area contributed by atoms with Crippen LogP contribution in [0.2, 0.25) is 0 Å². The van der Waals surface area contributed by atoms with E-state index < -0.39 is 4.92 Å². The molecule has 0 fully saturated rings. The van der Waals surface area contributed by atoms with Crippen molar-refractivity contribution in [1.82, 2.24) is 5.32 Å². The van der Waals surface area contributed by atoms with Gasteiger partial charge in [-0.3, -0.25) is 14.9 Å². The number of benzene rings is 1. The summed E-state index contributed by atoms with van der Waals surface area (Å²) >= 11 is 1.58. The van der Waals surface area contributed by atoms with Gasteiger partial charge >= 0.3 is 0 Å². The molecule has 0 aliphatic heterocycles. The third-order valence-electron chi connectivity index (χ3n) is 3.53. The number of hydrogen-bond donors (Lipinski definition) is 2. The van der Waals surface area contributed by atoms with Crippen LogP contribution in [0.4, 0.5) is 11.4 Å². The molecule has 0 radical (unpaired) electrons. The van der Waals surface area contributed by atoms with Gasteiger partial charge in [-0.15, -0.1) is 11.3 Å². The Hall–Kier alpha value is -2.41. The first-order valence-electron chi connectivity index (χ1n) is 7.24. The van der Waals surface area contributed by atoms with Crippen molar-refractivity contribution in [1.29, 1.82) is 0 Å². The zero-order chi connectivity index (χ0) is 17.0. The van der Waals surface area contributed by atoms with Crippen LogP contribution in [0.5, 0.6) is 0 Å². The molecule has 2 aromatic rings. The topological polar surface area (TPSA) is 84.3 Å². The summed E-state index contributed by atoms with van der Waals surface area (Å²) in [6.45, 7) is 4.05. The van der Waals surface area contributed by atoms with Crippen LogP contribution in [0.25, 0.3) is 0 Å². The first-order chi connectivity index (χ1) is 10.9. The zero-order valence-electron chi connectivity index (χ0n) is 13.2. The number of rotatable bonds is 6. The summed E-state index contributed by atoms with van der Waals surface area (Å²) < 4.78 is 0. The van der Waals surface area contributed by atoms with Gasteiger partial charge in [0.25, 0.3) is 11.6 Å². The van der Waals surface area contributed by atoms with E-state index in [1.165, 1.54) is 6.07 Å². The van der Waals surface area contributed by atoms with Gasteiger partial charge in [-0.1, -0.05) is 19.9 Å². The van der Waals surface area contributed by atoms with E-state index in [9.17, 15) is 14.9 Å². The van der Waals surface area contributed by atoms with Crippen molar-refractivity contribution in [2.75, 3.05) is 12.4 Å². The van der Waals surface area contributed by atoms with Crippen molar-refractivity contribution in [2.45, 2.75) is 19.9 Å². The lowest BCUT2D eigenvalue weighted by Crippen LogP contribution is -2.31. The quantitative estimate of drug-likeness (QED) is 0.621. The van der Waals surface area contributed by atoms with E-state index in [4.69, 9.17) is 0 Å². The molecular formula is C16H19N3O3S. The lowest BCUT2D eigenvalue weighted by molar-refractivity contribution is -0.384. The summed E-state index contributed by atoms with van der Waals surface area (Å²) in [5.74, 6) is -0.105. The van der Waals surface area contributed by atoms with Crippen molar-refractivity contribution >= 4 is 28.6 Å². The van der Waals surface area contributed by atoms with E-state index in [1.807, 2.05) is 31.4 Å². The summed E-state index contributed by atoms with van der Waals surface area (Å²) in [4.78, 5) is 24.2. The monoisotopic (exact) mass is 333 g/mol. The van der Waals surface area contributed by atoms with Crippen LogP contribution < -0.4 is 10.6 Å². The SMILES string of the molecule is CNc1ccc(C(=O)N[C@@H](c2cccs2)C(C)C)cc1[N+](=O)[O-]. The fourth-order valence-electron chi connectivity index (χ4n) is 2.29. The first kappa shape index (κ1) is 17.0. The molecule has 122 valence electrons. The molecule has 0 aliphatic rings. The highest BCUT2D eigenvalue weighted by Gasteiger charge is 2.22. The standard InChI is InChI=1S/C16H19N3O3S/c1-10(2)15(14-5-4-8-23-14)18-16(20)11-6-7-12(17-3)13(9-11)19(21)22/h4-10,15,17H,1-3H3,(H,18,20)/t15-/m1/s1. The normalized spacial score (nSPS) is 12.0. The second-order valence-electron chi connectivity index (χ2n) is 5.45. The van der Waals surface area contributed by atoms with Crippen molar-refractivity contribution < 1.29 is 9.72 Å². The van der Waals surface area contributed by atoms with E-state index in [0.29, 0.717) is 5.69 Å². The number of amides is 1.